The number of nitrogens with one attached hydrogen (secondary N) is 1. The van der Waals surface area contributed by atoms with Gasteiger partial charge in [-0.05, 0) is 12.5 Å². The number of hydrogen-bond acceptors (Lipinski definition) is 5. The summed E-state index contributed by atoms with van der Waals surface area (Å²) < 4.78 is 4.75. The zero-order valence-electron chi connectivity index (χ0n) is 11.7. The summed E-state index contributed by atoms with van der Waals surface area (Å²) in [6.07, 6.45) is 4.21. The van der Waals surface area contributed by atoms with Crippen LogP contribution in [0.2, 0.25) is 0 Å². The zero-order valence-corrected chi connectivity index (χ0v) is 11.7. The number of amides is 1. The SMILES string of the molecule is COC(=O)[C@H](NC(=O)c1cnccn1)c1cccc(C)c1. The van der Waals surface area contributed by atoms with Gasteiger partial charge in [0, 0.05) is 12.4 Å². The number of hydrogen-bond donors (Lipinski definition) is 1. The molecule has 6 nitrogen and oxygen atoms in total. The standard InChI is InChI=1S/C15H15N3O3/c1-10-4-3-5-11(8-10)13(15(20)21-2)18-14(19)12-9-16-6-7-17-12/h3-9,13H,1-2H3,(H,18,19)/t13-/m1/s1. The Morgan fingerprint density at radius 1 is 1.29 bits per heavy atom. The van der Waals surface area contributed by atoms with E-state index in [1.54, 1.807) is 6.07 Å². The number of aromatic nitrogens is 2. The molecule has 0 fully saturated rings. The van der Waals surface area contributed by atoms with Crippen molar-refractivity contribution in [1.29, 1.82) is 0 Å². The minimum absolute atomic E-state index is 0.138. The van der Waals surface area contributed by atoms with Gasteiger partial charge in [-0.15, -0.1) is 0 Å². The van der Waals surface area contributed by atoms with E-state index in [1.165, 1.54) is 25.7 Å². The van der Waals surface area contributed by atoms with Crippen LogP contribution in [0, 0.1) is 6.92 Å². The Bertz CT molecular complexity index is 644. The molecule has 0 aliphatic heterocycles. The highest BCUT2D eigenvalue weighted by atomic mass is 16.5. The summed E-state index contributed by atoms with van der Waals surface area (Å²) in [5, 5.41) is 2.61. The van der Waals surface area contributed by atoms with Gasteiger partial charge in [-0.2, -0.15) is 0 Å². The number of nitrogens with zero attached hydrogens (tertiary/aromatic N) is 2. The first-order valence-electron chi connectivity index (χ1n) is 6.33. The molecule has 1 N–H and O–H groups in total. The van der Waals surface area contributed by atoms with Crippen LogP contribution in [0.25, 0.3) is 0 Å². The van der Waals surface area contributed by atoms with Gasteiger partial charge in [0.05, 0.1) is 13.3 Å². The third kappa shape index (κ3) is 3.62. The highest BCUT2D eigenvalue weighted by Gasteiger charge is 2.24. The summed E-state index contributed by atoms with van der Waals surface area (Å²) in [6.45, 7) is 1.91. The van der Waals surface area contributed by atoms with Gasteiger partial charge < -0.3 is 10.1 Å². The van der Waals surface area contributed by atoms with Crippen molar-refractivity contribution in [2.45, 2.75) is 13.0 Å². The molecule has 108 valence electrons. The fourth-order valence-corrected chi connectivity index (χ4v) is 1.87. The van der Waals surface area contributed by atoms with Crippen molar-refractivity contribution in [3.05, 3.63) is 59.7 Å². The van der Waals surface area contributed by atoms with Gasteiger partial charge in [0.25, 0.3) is 5.91 Å². The second-order valence-corrected chi connectivity index (χ2v) is 4.43. The number of rotatable bonds is 4. The van der Waals surface area contributed by atoms with Crippen molar-refractivity contribution >= 4 is 11.9 Å². The minimum Gasteiger partial charge on any atom is -0.467 e. The molecule has 1 heterocycles. The summed E-state index contributed by atoms with van der Waals surface area (Å²) in [4.78, 5) is 31.8. The van der Waals surface area contributed by atoms with Crippen LogP contribution in [0.15, 0.2) is 42.9 Å². The van der Waals surface area contributed by atoms with Gasteiger partial charge in [0.1, 0.15) is 5.69 Å². The lowest BCUT2D eigenvalue weighted by Crippen LogP contribution is -2.35. The molecular weight excluding hydrogens is 270 g/mol. The number of carbonyl (C=O) groups is 2. The second kappa shape index (κ2) is 6.60. The lowest BCUT2D eigenvalue weighted by molar-refractivity contribution is -0.143. The molecule has 21 heavy (non-hydrogen) atoms. The Balaban J connectivity index is 2.26. The predicted octanol–water partition coefficient (Wildman–Crippen LogP) is 1.43. The van der Waals surface area contributed by atoms with Crippen molar-refractivity contribution in [3.63, 3.8) is 0 Å². The van der Waals surface area contributed by atoms with Crippen LogP contribution in [0.1, 0.15) is 27.7 Å². The first kappa shape index (κ1) is 14.6. The topological polar surface area (TPSA) is 81.2 Å². The van der Waals surface area contributed by atoms with Gasteiger partial charge in [-0.25, -0.2) is 9.78 Å². The van der Waals surface area contributed by atoms with Gasteiger partial charge in [-0.3, -0.25) is 9.78 Å². The van der Waals surface area contributed by atoms with Crippen LogP contribution in [0.4, 0.5) is 0 Å². The van der Waals surface area contributed by atoms with E-state index in [1.807, 2.05) is 25.1 Å². The van der Waals surface area contributed by atoms with E-state index in [4.69, 9.17) is 4.74 Å². The predicted molar refractivity (Wildman–Crippen MR) is 75.4 cm³/mol. The normalized spacial score (nSPS) is 11.5. The fraction of sp³-hybridized carbons (Fsp3) is 0.200. The summed E-state index contributed by atoms with van der Waals surface area (Å²) in [6, 6.07) is 6.41. The van der Waals surface area contributed by atoms with Crippen LogP contribution in [-0.4, -0.2) is 29.0 Å². The highest BCUT2D eigenvalue weighted by Crippen LogP contribution is 2.16. The Kier molecular flexibility index (Phi) is 4.61. The largest absolute Gasteiger partial charge is 0.467 e. The summed E-state index contributed by atoms with van der Waals surface area (Å²) in [5.74, 6) is -1.03. The Morgan fingerprint density at radius 3 is 2.71 bits per heavy atom. The molecule has 0 bridgehead atoms. The Labute approximate surface area is 122 Å². The van der Waals surface area contributed by atoms with E-state index in [2.05, 4.69) is 15.3 Å². The maximum atomic E-state index is 12.1. The third-order valence-corrected chi connectivity index (χ3v) is 2.88. The van der Waals surface area contributed by atoms with Crippen molar-refractivity contribution in [2.75, 3.05) is 7.11 Å². The van der Waals surface area contributed by atoms with E-state index in [9.17, 15) is 9.59 Å². The fourth-order valence-electron chi connectivity index (χ4n) is 1.87. The maximum absolute atomic E-state index is 12.1. The molecule has 0 spiro atoms. The maximum Gasteiger partial charge on any atom is 0.333 e. The van der Waals surface area contributed by atoms with Gasteiger partial charge in [-0.1, -0.05) is 29.8 Å². The lowest BCUT2D eigenvalue weighted by Gasteiger charge is -2.17. The molecule has 0 aliphatic rings. The van der Waals surface area contributed by atoms with Gasteiger partial charge in [0.15, 0.2) is 6.04 Å². The van der Waals surface area contributed by atoms with Crippen molar-refractivity contribution < 1.29 is 14.3 Å². The third-order valence-electron chi connectivity index (χ3n) is 2.88. The van der Waals surface area contributed by atoms with E-state index < -0.39 is 17.9 Å². The van der Waals surface area contributed by atoms with Crippen LogP contribution in [-0.2, 0) is 9.53 Å². The molecular formula is C15H15N3O3. The van der Waals surface area contributed by atoms with Crippen LogP contribution in [0.5, 0.6) is 0 Å². The van der Waals surface area contributed by atoms with Crippen LogP contribution in [0.3, 0.4) is 0 Å². The summed E-state index contributed by atoms with van der Waals surface area (Å²) in [7, 11) is 1.28. The van der Waals surface area contributed by atoms with Crippen molar-refractivity contribution in [2.24, 2.45) is 0 Å². The molecule has 0 radical (unpaired) electrons. The van der Waals surface area contributed by atoms with E-state index >= 15 is 0 Å². The van der Waals surface area contributed by atoms with Crippen LogP contribution >= 0.6 is 0 Å². The number of aryl methyl sites for hydroxylation is 1. The average Bonchev–Trinajstić information content (AvgIpc) is 2.52. The molecule has 1 aromatic heterocycles. The molecule has 0 aliphatic carbocycles. The van der Waals surface area contributed by atoms with E-state index in [0.717, 1.165) is 5.56 Å². The van der Waals surface area contributed by atoms with Crippen molar-refractivity contribution in [3.8, 4) is 0 Å². The molecule has 2 rings (SSSR count). The molecule has 6 heteroatoms. The zero-order chi connectivity index (χ0) is 15.2. The number of esters is 1. The smallest absolute Gasteiger partial charge is 0.333 e. The Morgan fingerprint density at radius 2 is 2.10 bits per heavy atom. The molecule has 2 aromatic rings. The molecule has 0 saturated heterocycles. The second-order valence-electron chi connectivity index (χ2n) is 4.43. The molecule has 0 unspecified atom stereocenters. The van der Waals surface area contributed by atoms with Gasteiger partial charge in [0.2, 0.25) is 0 Å². The summed E-state index contributed by atoms with van der Waals surface area (Å²) in [5.41, 5.74) is 1.77. The van der Waals surface area contributed by atoms with E-state index in [0.29, 0.717) is 5.56 Å². The first-order valence-corrected chi connectivity index (χ1v) is 6.33. The van der Waals surface area contributed by atoms with Crippen LogP contribution < -0.4 is 5.32 Å². The highest BCUT2D eigenvalue weighted by molar-refractivity contribution is 5.95. The Hall–Kier alpha value is -2.76. The number of methoxy groups -OCH3 is 1. The molecule has 1 atom stereocenters. The number of benzene rings is 1. The molecule has 0 saturated carbocycles. The monoisotopic (exact) mass is 285 g/mol. The molecule has 1 amide bonds. The first-order chi connectivity index (χ1) is 10.1. The lowest BCUT2D eigenvalue weighted by atomic mass is 10.0. The summed E-state index contributed by atoms with van der Waals surface area (Å²) >= 11 is 0. The van der Waals surface area contributed by atoms with Crippen molar-refractivity contribution in [1.82, 2.24) is 15.3 Å². The average molecular weight is 285 g/mol. The van der Waals surface area contributed by atoms with Gasteiger partial charge >= 0.3 is 5.97 Å². The van der Waals surface area contributed by atoms with E-state index in [-0.39, 0.29) is 5.69 Å². The molecule has 1 aromatic carbocycles. The number of carbonyl (C=O) groups excluding carboxylic acids is 2. The minimum atomic E-state index is -0.885. The number of ether oxygens (including phenoxy) is 1. The quantitative estimate of drug-likeness (QED) is 0.859.